The van der Waals surface area contributed by atoms with Gasteiger partial charge in [0.25, 0.3) is 0 Å². The van der Waals surface area contributed by atoms with Gasteiger partial charge >= 0.3 is 0 Å². The first-order chi connectivity index (χ1) is 47.6. The van der Waals surface area contributed by atoms with Gasteiger partial charge in [0.2, 0.25) is 0 Å². The van der Waals surface area contributed by atoms with Crippen molar-refractivity contribution in [1.29, 1.82) is 0 Å². The molecule has 0 saturated carbocycles. The Bertz CT molecular complexity index is 4910. The van der Waals surface area contributed by atoms with Crippen LogP contribution in [0.25, 0.3) is 66.8 Å². The summed E-state index contributed by atoms with van der Waals surface area (Å²) >= 11 is 0. The van der Waals surface area contributed by atoms with Crippen LogP contribution in [0.2, 0.25) is 0 Å². The largest absolute Gasteiger partial charge is 0.356 e. The van der Waals surface area contributed by atoms with E-state index in [9.17, 15) is 0 Å². The van der Waals surface area contributed by atoms with Crippen molar-refractivity contribution in [3.8, 4) is 55.6 Å². The molecule has 96 heavy (non-hydrogen) atoms. The molecule has 0 radical (unpaired) electrons. The molecule has 1 N–H and O–H groups in total. The van der Waals surface area contributed by atoms with Gasteiger partial charge in [0.05, 0.1) is 10.8 Å². The van der Waals surface area contributed by atoms with Crippen molar-refractivity contribution < 1.29 is 0 Å². The van der Waals surface area contributed by atoms with Crippen LogP contribution in [-0.4, -0.2) is 9.97 Å². The van der Waals surface area contributed by atoms with Crippen molar-refractivity contribution in [1.82, 2.24) is 9.97 Å². The van der Waals surface area contributed by atoms with Crippen LogP contribution in [0.4, 0.5) is 28.4 Å². The fourth-order valence-corrected chi connectivity index (χ4v) is 14.7. The fraction of sp³-hybridized carbons (Fsp3) is 0.0217. The Morgan fingerprint density at radius 1 is 0.229 bits per heavy atom. The van der Waals surface area contributed by atoms with Gasteiger partial charge in [0.15, 0.2) is 0 Å². The van der Waals surface area contributed by atoms with Gasteiger partial charge in [-0.1, -0.05) is 291 Å². The van der Waals surface area contributed by atoms with Crippen molar-refractivity contribution in [3.63, 3.8) is 0 Å². The van der Waals surface area contributed by atoms with E-state index in [2.05, 4.69) is 372 Å². The van der Waals surface area contributed by atoms with E-state index in [1.54, 1.807) is 6.20 Å². The maximum Gasteiger partial charge on any atom is 0.0717 e. The van der Waals surface area contributed by atoms with E-state index in [0.29, 0.717) is 0 Å². The predicted molar refractivity (Wildman–Crippen MR) is 399 cm³/mol. The highest BCUT2D eigenvalue weighted by Gasteiger charge is 2.59. The first-order valence-corrected chi connectivity index (χ1v) is 32.8. The summed E-state index contributed by atoms with van der Waals surface area (Å²) in [5.74, 6) is 0. The molecule has 15 aromatic rings. The summed E-state index contributed by atoms with van der Waals surface area (Å²) in [6.07, 6.45) is 7.41. The standard InChI is InChI=1S/C69H48N2.C23H18N2/c1-6-19-49(20-7-1)50-32-39-59(40-33-50)71(61-43-36-52(37-44-61)54-21-18-46-70-48-54)60-41-34-51(35-42-60)53-38-45-63-65(47-53)69(57-26-12-4-13-27-57,58-28-14-5-15-29-58)66-62-30-16-17-31-64(62)68(67(63)66,55-22-8-2-9-23-55)56-24-10-3-11-25-56;1-2-5-18(6-3-1)19-8-12-22(13-9-19)25-23-14-10-20(11-15-23)21-7-4-16-24-17-21/h1-48H;1-17,25H. The first kappa shape index (κ1) is 58.6. The molecule has 2 aliphatic carbocycles. The fourth-order valence-electron chi connectivity index (χ4n) is 14.7. The van der Waals surface area contributed by atoms with Crippen LogP contribution in [0.5, 0.6) is 0 Å². The van der Waals surface area contributed by atoms with Gasteiger partial charge in [-0.3, -0.25) is 9.97 Å². The quantitative estimate of drug-likeness (QED) is 0.118. The van der Waals surface area contributed by atoms with E-state index < -0.39 is 10.8 Å². The van der Waals surface area contributed by atoms with E-state index in [-0.39, 0.29) is 0 Å². The molecule has 0 atom stereocenters. The zero-order chi connectivity index (χ0) is 64.1. The Labute approximate surface area is 562 Å². The Kier molecular flexibility index (Phi) is 15.8. The molecule has 0 fully saturated rings. The normalized spacial score (nSPS) is 12.9. The van der Waals surface area contributed by atoms with Gasteiger partial charge in [-0.15, -0.1) is 0 Å². The van der Waals surface area contributed by atoms with Crippen LogP contribution in [-0.2, 0) is 10.8 Å². The predicted octanol–water partition coefficient (Wildman–Crippen LogP) is 23.3. The van der Waals surface area contributed by atoms with Crippen molar-refractivity contribution in [2.45, 2.75) is 10.8 Å². The number of rotatable bonds is 14. The minimum atomic E-state index is -0.630. The highest BCUT2D eigenvalue weighted by atomic mass is 15.1. The topological polar surface area (TPSA) is 41.1 Å². The number of pyridine rings is 2. The lowest BCUT2D eigenvalue weighted by Crippen LogP contribution is -2.30. The molecular weight excluding hydrogens is 1160 g/mol. The Morgan fingerprint density at radius 2 is 0.521 bits per heavy atom. The summed E-state index contributed by atoms with van der Waals surface area (Å²) < 4.78 is 0. The Balaban J connectivity index is 0.000000243. The zero-order valence-corrected chi connectivity index (χ0v) is 52.9. The number of hydrogen-bond donors (Lipinski definition) is 1. The third-order valence-electron chi connectivity index (χ3n) is 19.1. The third-order valence-corrected chi connectivity index (χ3v) is 19.1. The monoisotopic (exact) mass is 1230 g/mol. The second-order valence-corrected chi connectivity index (χ2v) is 24.5. The van der Waals surface area contributed by atoms with E-state index in [1.165, 1.54) is 83.5 Å². The molecule has 454 valence electrons. The second-order valence-electron chi connectivity index (χ2n) is 24.5. The number of aromatic nitrogens is 2. The highest BCUT2D eigenvalue weighted by molar-refractivity contribution is 6.15. The molecule has 0 amide bonds. The van der Waals surface area contributed by atoms with Gasteiger partial charge < -0.3 is 10.2 Å². The van der Waals surface area contributed by atoms with Gasteiger partial charge in [0.1, 0.15) is 0 Å². The molecule has 2 aromatic heterocycles. The van der Waals surface area contributed by atoms with Gasteiger partial charge in [-0.05, 0) is 190 Å². The molecule has 17 rings (SSSR count). The van der Waals surface area contributed by atoms with Crippen LogP contribution < -0.4 is 10.2 Å². The maximum absolute atomic E-state index is 4.38. The number of fused-ring (bicyclic) bond motifs is 4. The molecule has 0 bridgehead atoms. The van der Waals surface area contributed by atoms with E-state index in [4.69, 9.17) is 0 Å². The summed E-state index contributed by atoms with van der Waals surface area (Å²) in [5.41, 5.74) is 28.7. The molecule has 2 aliphatic rings. The first-order valence-electron chi connectivity index (χ1n) is 32.8. The summed E-state index contributed by atoms with van der Waals surface area (Å²) in [7, 11) is 0. The van der Waals surface area contributed by atoms with Crippen molar-refractivity contribution >= 4 is 39.6 Å². The smallest absolute Gasteiger partial charge is 0.0717 e. The summed E-state index contributed by atoms with van der Waals surface area (Å²) in [6.45, 7) is 0. The van der Waals surface area contributed by atoms with Crippen LogP contribution in [0.15, 0.2) is 395 Å². The highest BCUT2D eigenvalue weighted by Crippen LogP contribution is 2.70. The second kappa shape index (κ2) is 25.9. The molecule has 4 nitrogen and oxygen atoms in total. The molecule has 0 unspecified atom stereocenters. The van der Waals surface area contributed by atoms with Gasteiger partial charge in [-0.2, -0.15) is 0 Å². The molecule has 2 heterocycles. The molecular formula is C92H66N4. The van der Waals surface area contributed by atoms with Crippen LogP contribution in [0.3, 0.4) is 0 Å². The number of benzene rings is 13. The van der Waals surface area contributed by atoms with E-state index in [0.717, 1.165) is 56.3 Å². The average Bonchev–Trinajstić information content (AvgIpc) is 1.49. The van der Waals surface area contributed by atoms with Crippen molar-refractivity contribution in [2.24, 2.45) is 0 Å². The SMILES string of the molecule is c1ccc(-c2ccc(N(c3ccc(-c4cccnc4)cc3)c3ccc(-c4ccc5c(c4)C(c4ccccc4)(c4ccccc4)C4=C5C(c5ccccc5)(c5ccccc5)c5ccccc54)cc3)cc2)cc1.c1ccc(-c2ccc(Nc3ccc(-c4cccnc4)cc3)cc2)cc1. The number of nitrogens with zero attached hydrogens (tertiary/aromatic N) is 3. The molecule has 0 saturated heterocycles. The minimum Gasteiger partial charge on any atom is -0.356 e. The zero-order valence-electron chi connectivity index (χ0n) is 52.9. The van der Waals surface area contributed by atoms with Crippen molar-refractivity contribution in [3.05, 3.63) is 439 Å². The summed E-state index contributed by atoms with van der Waals surface area (Å²) in [4.78, 5) is 10.9. The minimum absolute atomic E-state index is 0.573. The van der Waals surface area contributed by atoms with Gasteiger partial charge in [-0.25, -0.2) is 0 Å². The summed E-state index contributed by atoms with van der Waals surface area (Å²) in [6, 6.07) is 134. The van der Waals surface area contributed by atoms with Crippen LogP contribution >= 0.6 is 0 Å². The number of nitrogens with one attached hydrogen (secondary N) is 1. The molecule has 0 aliphatic heterocycles. The molecule has 13 aromatic carbocycles. The van der Waals surface area contributed by atoms with Gasteiger partial charge in [0, 0.05) is 53.2 Å². The average molecular weight is 1230 g/mol. The van der Waals surface area contributed by atoms with Crippen LogP contribution in [0.1, 0.15) is 44.5 Å². The van der Waals surface area contributed by atoms with Crippen LogP contribution in [0, 0.1) is 0 Å². The molecule has 4 heteroatoms. The maximum atomic E-state index is 4.38. The van der Waals surface area contributed by atoms with E-state index in [1.807, 2.05) is 36.8 Å². The number of allylic oxidation sites excluding steroid dienone is 2. The summed E-state index contributed by atoms with van der Waals surface area (Å²) in [5, 5.41) is 3.45. The lowest BCUT2D eigenvalue weighted by atomic mass is 9.64. The van der Waals surface area contributed by atoms with Crippen molar-refractivity contribution in [2.75, 3.05) is 10.2 Å². The lowest BCUT2D eigenvalue weighted by molar-refractivity contribution is 0.800. The Hall–Kier alpha value is -12.5. The number of hydrogen-bond acceptors (Lipinski definition) is 4. The third kappa shape index (κ3) is 10.8. The molecule has 0 spiro atoms. The van der Waals surface area contributed by atoms with E-state index >= 15 is 0 Å². The lowest BCUT2D eigenvalue weighted by Gasteiger charge is -2.37. The Morgan fingerprint density at radius 3 is 0.906 bits per heavy atom. The number of anilines is 5.